The molecule has 2 aliphatic rings. The Kier molecular flexibility index (Phi) is 0.770. The van der Waals surface area contributed by atoms with Gasteiger partial charge < -0.3 is 5.73 Å². The molecule has 2 N–H and O–H groups in total. The van der Waals surface area contributed by atoms with E-state index in [1.807, 2.05) is 0 Å². The molecule has 1 nitrogen and oxygen atoms in total. The minimum absolute atomic E-state index is 0.861. The van der Waals surface area contributed by atoms with E-state index in [2.05, 4.69) is 12.2 Å². The Balaban J connectivity index is 2.03. The molecule has 3 unspecified atom stereocenters. The molecule has 0 amide bonds. The normalized spacial score (nSPS) is 49.4. The van der Waals surface area contributed by atoms with E-state index in [9.17, 15) is 0 Å². The highest BCUT2D eigenvalue weighted by atomic mass is 14.7. The maximum Gasteiger partial charge on any atom is -0.00401 e. The summed E-state index contributed by atoms with van der Waals surface area (Å²) in [5, 5.41) is 0. The maximum absolute atomic E-state index is 5.49. The zero-order valence-electron chi connectivity index (χ0n) is 4.88. The Morgan fingerprint density at radius 2 is 2.50 bits per heavy atom. The lowest BCUT2D eigenvalue weighted by atomic mass is 10.2. The fourth-order valence-corrected chi connectivity index (χ4v) is 1.82. The van der Waals surface area contributed by atoms with Gasteiger partial charge in [0.15, 0.2) is 0 Å². The minimum Gasteiger partial charge on any atom is -0.330 e. The Morgan fingerprint density at radius 1 is 1.62 bits per heavy atom. The topological polar surface area (TPSA) is 26.0 Å². The van der Waals surface area contributed by atoms with Crippen LogP contribution in [0.2, 0.25) is 0 Å². The molecule has 0 bridgehead atoms. The predicted molar refractivity (Wildman–Crippen MR) is 33.3 cm³/mol. The van der Waals surface area contributed by atoms with Crippen LogP contribution in [0.4, 0.5) is 0 Å². The van der Waals surface area contributed by atoms with Crippen molar-refractivity contribution in [1.29, 1.82) is 0 Å². The van der Waals surface area contributed by atoms with Crippen LogP contribution in [0.1, 0.15) is 6.42 Å². The van der Waals surface area contributed by atoms with Crippen LogP contribution in [0.15, 0.2) is 12.2 Å². The molecular formula is C7H11N. The molecular weight excluding hydrogens is 98.1 g/mol. The van der Waals surface area contributed by atoms with Crippen molar-refractivity contribution in [2.75, 3.05) is 6.54 Å². The second-order valence-electron chi connectivity index (χ2n) is 2.80. The summed E-state index contributed by atoms with van der Waals surface area (Å²) in [5.74, 6) is 2.71. The summed E-state index contributed by atoms with van der Waals surface area (Å²) in [6, 6.07) is 0. The van der Waals surface area contributed by atoms with Crippen LogP contribution in [0.5, 0.6) is 0 Å². The number of nitrogens with two attached hydrogens (primary N) is 1. The van der Waals surface area contributed by atoms with Crippen molar-refractivity contribution in [1.82, 2.24) is 0 Å². The van der Waals surface area contributed by atoms with E-state index in [1.165, 1.54) is 6.42 Å². The van der Waals surface area contributed by atoms with Crippen LogP contribution < -0.4 is 5.73 Å². The predicted octanol–water partition coefficient (Wildman–Crippen LogP) is 0.767. The smallest absolute Gasteiger partial charge is 0.00401 e. The molecule has 8 heavy (non-hydrogen) atoms. The first kappa shape index (κ1) is 4.57. The monoisotopic (exact) mass is 109 g/mol. The van der Waals surface area contributed by atoms with E-state index in [1.54, 1.807) is 0 Å². The minimum atomic E-state index is 0.861. The van der Waals surface area contributed by atoms with Crippen LogP contribution in [0.25, 0.3) is 0 Å². The van der Waals surface area contributed by atoms with Gasteiger partial charge in [0.05, 0.1) is 0 Å². The molecule has 0 aliphatic heterocycles. The second-order valence-corrected chi connectivity index (χ2v) is 2.80. The van der Waals surface area contributed by atoms with E-state index >= 15 is 0 Å². The second kappa shape index (κ2) is 1.35. The Bertz CT molecular complexity index is 128. The van der Waals surface area contributed by atoms with Crippen molar-refractivity contribution in [2.45, 2.75) is 6.42 Å². The molecule has 2 aliphatic carbocycles. The summed E-state index contributed by atoms with van der Waals surface area (Å²) in [6.07, 6.45) is 5.90. The molecule has 0 aromatic heterocycles. The SMILES string of the molecule is NCC1C2C=CCC21. The molecule has 0 heterocycles. The van der Waals surface area contributed by atoms with Crippen molar-refractivity contribution in [3.63, 3.8) is 0 Å². The van der Waals surface area contributed by atoms with E-state index in [0.717, 1.165) is 24.3 Å². The van der Waals surface area contributed by atoms with Gasteiger partial charge in [0.1, 0.15) is 0 Å². The quantitative estimate of drug-likeness (QED) is 0.494. The van der Waals surface area contributed by atoms with E-state index in [4.69, 9.17) is 5.73 Å². The zero-order valence-corrected chi connectivity index (χ0v) is 4.88. The summed E-state index contributed by atoms with van der Waals surface area (Å²) in [7, 11) is 0. The molecule has 2 rings (SSSR count). The van der Waals surface area contributed by atoms with Crippen LogP contribution in [0, 0.1) is 17.8 Å². The number of hydrogen-bond donors (Lipinski definition) is 1. The highest BCUT2D eigenvalue weighted by Crippen LogP contribution is 2.52. The first-order valence-corrected chi connectivity index (χ1v) is 3.30. The van der Waals surface area contributed by atoms with Crippen molar-refractivity contribution >= 4 is 0 Å². The van der Waals surface area contributed by atoms with Crippen molar-refractivity contribution < 1.29 is 0 Å². The Hall–Kier alpha value is -0.300. The lowest BCUT2D eigenvalue weighted by Gasteiger charge is -1.89. The summed E-state index contributed by atoms with van der Waals surface area (Å²) < 4.78 is 0. The first-order chi connectivity index (χ1) is 3.93. The molecule has 0 saturated heterocycles. The highest BCUT2D eigenvalue weighted by molar-refractivity contribution is 5.16. The van der Waals surface area contributed by atoms with Gasteiger partial charge in [-0.3, -0.25) is 0 Å². The van der Waals surface area contributed by atoms with Crippen LogP contribution in [0.3, 0.4) is 0 Å². The lowest BCUT2D eigenvalue weighted by molar-refractivity contribution is 0.714. The van der Waals surface area contributed by atoms with Gasteiger partial charge in [-0.1, -0.05) is 12.2 Å². The summed E-state index contributed by atoms with van der Waals surface area (Å²) in [4.78, 5) is 0. The third-order valence-corrected chi connectivity index (χ3v) is 2.44. The number of hydrogen-bond acceptors (Lipinski definition) is 1. The molecule has 0 aromatic rings. The van der Waals surface area contributed by atoms with Gasteiger partial charge in [-0.05, 0) is 30.7 Å². The van der Waals surface area contributed by atoms with Gasteiger partial charge in [0.25, 0.3) is 0 Å². The number of fused-ring (bicyclic) bond motifs is 1. The molecule has 1 heteroatoms. The van der Waals surface area contributed by atoms with Gasteiger partial charge >= 0.3 is 0 Å². The Labute approximate surface area is 49.6 Å². The van der Waals surface area contributed by atoms with Gasteiger partial charge in [0, 0.05) is 0 Å². The van der Waals surface area contributed by atoms with E-state index in [0.29, 0.717) is 0 Å². The van der Waals surface area contributed by atoms with E-state index in [-0.39, 0.29) is 0 Å². The third-order valence-electron chi connectivity index (χ3n) is 2.44. The van der Waals surface area contributed by atoms with Crippen LogP contribution >= 0.6 is 0 Å². The summed E-state index contributed by atoms with van der Waals surface area (Å²) in [5.41, 5.74) is 5.49. The molecule has 0 spiro atoms. The van der Waals surface area contributed by atoms with E-state index < -0.39 is 0 Å². The lowest BCUT2D eigenvalue weighted by Crippen LogP contribution is -2.03. The van der Waals surface area contributed by atoms with Crippen molar-refractivity contribution in [3.8, 4) is 0 Å². The molecule has 3 atom stereocenters. The Morgan fingerprint density at radius 3 is 2.88 bits per heavy atom. The molecule has 44 valence electrons. The zero-order chi connectivity index (χ0) is 5.56. The standard InChI is InChI=1S/C7H11N/c8-4-7-5-2-1-3-6(5)7/h1-2,5-7H,3-4,8H2. The number of rotatable bonds is 1. The first-order valence-electron chi connectivity index (χ1n) is 3.30. The van der Waals surface area contributed by atoms with Gasteiger partial charge in [-0.15, -0.1) is 0 Å². The largest absolute Gasteiger partial charge is 0.330 e. The molecule has 0 radical (unpaired) electrons. The van der Waals surface area contributed by atoms with Crippen LogP contribution in [-0.2, 0) is 0 Å². The molecule has 1 fully saturated rings. The van der Waals surface area contributed by atoms with Gasteiger partial charge in [-0.25, -0.2) is 0 Å². The highest BCUT2D eigenvalue weighted by Gasteiger charge is 2.48. The van der Waals surface area contributed by atoms with Crippen molar-refractivity contribution in [2.24, 2.45) is 23.5 Å². The maximum atomic E-state index is 5.49. The number of allylic oxidation sites excluding steroid dienone is 2. The molecule has 0 aromatic carbocycles. The summed E-state index contributed by atoms with van der Waals surface area (Å²) in [6.45, 7) is 0.902. The average molecular weight is 109 g/mol. The fourth-order valence-electron chi connectivity index (χ4n) is 1.82. The van der Waals surface area contributed by atoms with Crippen molar-refractivity contribution in [3.05, 3.63) is 12.2 Å². The summed E-state index contributed by atoms with van der Waals surface area (Å²) >= 11 is 0. The molecule has 1 saturated carbocycles. The van der Waals surface area contributed by atoms with Crippen LogP contribution in [-0.4, -0.2) is 6.54 Å². The average Bonchev–Trinajstić information content (AvgIpc) is 2.22. The van der Waals surface area contributed by atoms with Gasteiger partial charge in [-0.2, -0.15) is 0 Å². The third kappa shape index (κ3) is 0.402. The fraction of sp³-hybridized carbons (Fsp3) is 0.714. The van der Waals surface area contributed by atoms with Gasteiger partial charge in [0.2, 0.25) is 0 Å².